The molecule has 1 fully saturated rings. The number of rotatable bonds is 6. The highest BCUT2D eigenvalue weighted by atomic mass is 16.5. The van der Waals surface area contributed by atoms with Gasteiger partial charge in [-0.15, -0.1) is 0 Å². The molecular weight excluding hydrogens is 520 g/mol. The Morgan fingerprint density at radius 1 is 1.20 bits per heavy atom. The van der Waals surface area contributed by atoms with Crippen LogP contribution in [0.4, 0.5) is 0 Å². The van der Waals surface area contributed by atoms with Crippen LogP contribution in [-0.2, 0) is 14.3 Å². The molecule has 0 saturated carbocycles. The molecule has 2 aromatic rings. The van der Waals surface area contributed by atoms with Gasteiger partial charge >= 0.3 is 5.97 Å². The third-order valence-corrected chi connectivity index (χ3v) is 9.05. The highest BCUT2D eigenvalue weighted by molar-refractivity contribution is 6.01. The zero-order valence-corrected chi connectivity index (χ0v) is 25.0. The fraction of sp³-hybridized carbons (Fsp3) is 0.515. The van der Waals surface area contributed by atoms with Gasteiger partial charge in [-0.3, -0.25) is 9.59 Å². The number of methoxy groups -OCH3 is 1. The normalized spacial score (nSPS) is 25.5. The van der Waals surface area contributed by atoms with E-state index in [9.17, 15) is 19.5 Å². The number of carboxylic acids is 1. The number of likely N-dealkylation sites (tertiary alicyclic amines) is 1. The van der Waals surface area contributed by atoms with Crippen LogP contribution >= 0.6 is 0 Å². The Balaban J connectivity index is 1.76. The Morgan fingerprint density at radius 3 is 2.56 bits per heavy atom. The zero-order chi connectivity index (χ0) is 29.8. The van der Waals surface area contributed by atoms with Crippen LogP contribution in [0.3, 0.4) is 0 Å². The summed E-state index contributed by atoms with van der Waals surface area (Å²) >= 11 is 0. The van der Waals surface area contributed by atoms with Gasteiger partial charge in [-0.1, -0.05) is 33.8 Å². The number of carbonyl (C=O) groups excluding carboxylic acids is 2. The van der Waals surface area contributed by atoms with E-state index in [-0.39, 0.29) is 40.9 Å². The van der Waals surface area contributed by atoms with Crippen LogP contribution in [-0.4, -0.2) is 58.5 Å². The van der Waals surface area contributed by atoms with Gasteiger partial charge in [0.25, 0.3) is 0 Å². The summed E-state index contributed by atoms with van der Waals surface area (Å²) in [6.45, 7) is 12.9. The number of allylic oxidation sites excluding steroid dienone is 2. The highest BCUT2D eigenvalue weighted by Crippen LogP contribution is 2.55. The average Bonchev–Trinajstić information content (AvgIpc) is 2.91. The van der Waals surface area contributed by atoms with Gasteiger partial charge in [0.05, 0.1) is 18.7 Å². The molecule has 41 heavy (non-hydrogen) atoms. The third-order valence-electron chi connectivity index (χ3n) is 9.05. The summed E-state index contributed by atoms with van der Waals surface area (Å²) in [4.78, 5) is 46.3. The molecule has 1 saturated heterocycles. The lowest BCUT2D eigenvalue weighted by Crippen LogP contribution is -2.59. The number of carbonyl (C=O) groups is 3. The molecular formula is C33H40N2O6. The molecule has 3 heterocycles. The van der Waals surface area contributed by atoms with Crippen molar-refractivity contribution in [1.82, 2.24) is 9.88 Å². The number of benzene rings is 1. The predicted molar refractivity (Wildman–Crippen MR) is 155 cm³/mol. The van der Waals surface area contributed by atoms with Crippen LogP contribution in [0.15, 0.2) is 41.7 Å². The number of ether oxygens (including phenoxy) is 2. The first-order valence-electron chi connectivity index (χ1n) is 14.5. The van der Waals surface area contributed by atoms with Gasteiger partial charge in [-0.2, -0.15) is 0 Å². The lowest BCUT2D eigenvalue weighted by atomic mass is 9.64. The summed E-state index contributed by atoms with van der Waals surface area (Å²) in [6.07, 6.45) is 1.30. The van der Waals surface area contributed by atoms with Gasteiger partial charge in [0.15, 0.2) is 5.78 Å². The van der Waals surface area contributed by atoms with Crippen molar-refractivity contribution < 1.29 is 29.0 Å². The number of pyridine rings is 1. The van der Waals surface area contributed by atoms with Crippen molar-refractivity contribution in [3.05, 3.63) is 58.5 Å². The van der Waals surface area contributed by atoms with E-state index in [1.54, 1.807) is 19.2 Å². The number of aromatic carboxylic acids is 1. The molecule has 0 unspecified atom stereocenters. The zero-order valence-electron chi connectivity index (χ0n) is 25.0. The molecule has 1 N–H and O–H groups in total. The number of Topliss-reactive ketones (excluding diaryl/α,β-unsaturated/α-hetero) is 1. The lowest BCUT2D eigenvalue weighted by molar-refractivity contribution is -0.156. The fourth-order valence-corrected chi connectivity index (χ4v) is 7.19. The van der Waals surface area contributed by atoms with Crippen LogP contribution in [0.25, 0.3) is 11.3 Å². The van der Waals surface area contributed by atoms with E-state index in [2.05, 4.69) is 32.7 Å². The molecule has 1 aromatic carbocycles. The molecule has 0 bridgehead atoms. The quantitative estimate of drug-likeness (QED) is 0.477. The van der Waals surface area contributed by atoms with E-state index >= 15 is 0 Å². The number of hydrogen-bond acceptors (Lipinski definition) is 6. The van der Waals surface area contributed by atoms with Gasteiger partial charge in [0, 0.05) is 54.5 Å². The monoisotopic (exact) mass is 560 g/mol. The lowest BCUT2D eigenvalue weighted by Gasteiger charge is -2.51. The van der Waals surface area contributed by atoms with Gasteiger partial charge in [-0.05, 0) is 55.0 Å². The van der Waals surface area contributed by atoms with E-state index in [1.807, 2.05) is 30.9 Å². The molecule has 0 radical (unpaired) electrons. The number of hydrogen-bond donors (Lipinski definition) is 1. The Morgan fingerprint density at radius 2 is 1.93 bits per heavy atom. The topological polar surface area (TPSA) is 106 Å². The summed E-state index contributed by atoms with van der Waals surface area (Å²) in [7, 11) is 1.59. The summed E-state index contributed by atoms with van der Waals surface area (Å²) in [5.41, 5.74) is 3.07. The number of ketones is 1. The minimum absolute atomic E-state index is 0.000567. The second-order valence-corrected chi connectivity index (χ2v) is 12.7. The maximum atomic E-state index is 14.4. The molecule has 218 valence electrons. The molecule has 2 aliphatic heterocycles. The smallest absolute Gasteiger partial charge is 0.354 e. The van der Waals surface area contributed by atoms with Crippen molar-refractivity contribution in [1.29, 1.82) is 0 Å². The molecule has 3 aliphatic rings. The maximum absolute atomic E-state index is 14.4. The van der Waals surface area contributed by atoms with Crippen molar-refractivity contribution in [2.45, 2.75) is 78.9 Å². The summed E-state index contributed by atoms with van der Waals surface area (Å²) in [6, 6.07) is 8.63. The number of aromatic nitrogens is 1. The number of nitrogens with zero attached hydrogens (tertiary/aromatic N) is 2. The molecule has 4 atom stereocenters. The van der Waals surface area contributed by atoms with Crippen LogP contribution < -0.4 is 4.74 Å². The largest absolute Gasteiger partial charge is 0.496 e. The number of carboxylic acid groups (broad SMARTS) is 1. The van der Waals surface area contributed by atoms with Crippen molar-refractivity contribution in [2.24, 2.45) is 17.3 Å². The molecule has 5 rings (SSSR count). The SMILES string of the molecule is CCN1C(=O)[C@H]2[C@H](C[C@H]1C(C)C)OC1=C(C(=O)CC(C)(C)C1)[C@@H]2c1c(OC)ccc(-c2cccc(C(=O)O)n2)c1C. The minimum atomic E-state index is -1.11. The fourth-order valence-electron chi connectivity index (χ4n) is 7.19. The molecule has 0 spiro atoms. The third kappa shape index (κ3) is 4.91. The maximum Gasteiger partial charge on any atom is 0.354 e. The number of piperidine rings is 1. The first kappa shape index (κ1) is 28.8. The second-order valence-electron chi connectivity index (χ2n) is 12.7. The van der Waals surface area contributed by atoms with Crippen LogP contribution in [0, 0.1) is 24.2 Å². The van der Waals surface area contributed by atoms with Gasteiger partial charge < -0.3 is 19.5 Å². The standard InChI is InChI=1S/C33H40N2O6/c1-8-35-22(17(2)3)14-25-29(31(35)37)30(28-23(36)15-33(5,6)16-26(28)41-25)27-18(4)19(12-13-24(27)40-7)20-10-9-11-21(34-20)32(38)39/h9-13,17,22,25,29-30H,8,14-16H2,1-7H3,(H,38,39)/t22-,25-,29-,30-/m0/s1. The van der Waals surface area contributed by atoms with E-state index in [4.69, 9.17) is 9.47 Å². The van der Waals surface area contributed by atoms with Crippen molar-refractivity contribution in [3.8, 4) is 17.0 Å². The Kier molecular flexibility index (Phi) is 7.47. The summed E-state index contributed by atoms with van der Waals surface area (Å²) in [5, 5.41) is 9.55. The van der Waals surface area contributed by atoms with Crippen molar-refractivity contribution in [2.75, 3.05) is 13.7 Å². The van der Waals surface area contributed by atoms with Gasteiger partial charge in [0.2, 0.25) is 5.91 Å². The summed E-state index contributed by atoms with van der Waals surface area (Å²) in [5.74, 6) is -0.728. The highest BCUT2D eigenvalue weighted by Gasteiger charge is 2.55. The van der Waals surface area contributed by atoms with Gasteiger partial charge in [0.1, 0.15) is 23.3 Å². The molecule has 8 heteroatoms. The number of amides is 1. The molecule has 8 nitrogen and oxygen atoms in total. The Labute approximate surface area is 241 Å². The van der Waals surface area contributed by atoms with E-state index in [1.165, 1.54) is 6.07 Å². The minimum Gasteiger partial charge on any atom is -0.496 e. The summed E-state index contributed by atoms with van der Waals surface area (Å²) < 4.78 is 12.6. The van der Waals surface area contributed by atoms with Crippen molar-refractivity contribution >= 4 is 17.7 Å². The van der Waals surface area contributed by atoms with Crippen LogP contribution in [0.5, 0.6) is 5.75 Å². The van der Waals surface area contributed by atoms with Crippen LogP contribution in [0.2, 0.25) is 0 Å². The average molecular weight is 561 g/mol. The van der Waals surface area contributed by atoms with E-state index in [0.717, 1.165) is 16.7 Å². The predicted octanol–water partition coefficient (Wildman–Crippen LogP) is 5.78. The first-order valence-corrected chi connectivity index (χ1v) is 14.5. The molecule has 1 aliphatic carbocycles. The molecule has 1 aromatic heterocycles. The van der Waals surface area contributed by atoms with E-state index < -0.39 is 17.8 Å². The Hall–Kier alpha value is -3.68. The number of fused-ring (bicyclic) bond motifs is 1. The van der Waals surface area contributed by atoms with Gasteiger partial charge in [-0.25, -0.2) is 9.78 Å². The second kappa shape index (κ2) is 10.6. The Bertz CT molecular complexity index is 1440. The first-order chi connectivity index (χ1) is 19.4. The van der Waals surface area contributed by atoms with Crippen molar-refractivity contribution in [3.63, 3.8) is 0 Å². The van der Waals surface area contributed by atoms with Crippen LogP contribution in [0.1, 0.15) is 81.4 Å². The molecule has 1 amide bonds. The van der Waals surface area contributed by atoms with E-state index in [0.29, 0.717) is 48.6 Å².